The summed E-state index contributed by atoms with van der Waals surface area (Å²) >= 11 is 0. The molecule has 3 rings (SSSR count). The standard InChI is InChI=1S/C19H13NO4/c21-16-12-11-15(20-16)19(23)24-18(14-9-5-2-6-10-14)17(22)13-7-3-1-4-8-13/h1-12,18H. The third kappa shape index (κ3) is 3.35. The van der Waals surface area contributed by atoms with E-state index < -0.39 is 18.0 Å². The van der Waals surface area contributed by atoms with E-state index in [4.69, 9.17) is 4.74 Å². The van der Waals surface area contributed by atoms with E-state index in [0.717, 1.165) is 0 Å². The van der Waals surface area contributed by atoms with E-state index in [1.165, 1.54) is 12.2 Å². The SMILES string of the molecule is O=C1C=CC(C(=O)OC(C(=O)c2ccccc2)c2ccccc2)=N1. The molecule has 0 aliphatic carbocycles. The third-order valence-electron chi connectivity index (χ3n) is 3.45. The third-order valence-corrected chi connectivity index (χ3v) is 3.45. The van der Waals surface area contributed by atoms with Crippen LogP contribution in [-0.4, -0.2) is 23.4 Å². The predicted molar refractivity (Wildman–Crippen MR) is 87.6 cm³/mol. The molecule has 1 heterocycles. The zero-order valence-electron chi connectivity index (χ0n) is 12.6. The summed E-state index contributed by atoms with van der Waals surface area (Å²) in [5, 5.41) is 0. The van der Waals surface area contributed by atoms with E-state index in [2.05, 4.69) is 4.99 Å². The van der Waals surface area contributed by atoms with Crippen molar-refractivity contribution in [3.05, 3.63) is 83.9 Å². The lowest BCUT2D eigenvalue weighted by atomic mass is 10.00. The van der Waals surface area contributed by atoms with Gasteiger partial charge in [0.15, 0.2) is 11.8 Å². The Morgan fingerprint density at radius 3 is 2.08 bits per heavy atom. The van der Waals surface area contributed by atoms with Gasteiger partial charge >= 0.3 is 5.97 Å². The quantitative estimate of drug-likeness (QED) is 0.627. The summed E-state index contributed by atoms with van der Waals surface area (Å²) in [6.45, 7) is 0. The minimum absolute atomic E-state index is 0.109. The summed E-state index contributed by atoms with van der Waals surface area (Å²) in [5.41, 5.74) is 0.870. The van der Waals surface area contributed by atoms with E-state index in [-0.39, 0.29) is 11.5 Å². The molecule has 0 N–H and O–H groups in total. The number of aliphatic imine (C=N–C) groups is 1. The van der Waals surface area contributed by atoms with Crippen molar-refractivity contribution in [2.24, 2.45) is 4.99 Å². The lowest BCUT2D eigenvalue weighted by Crippen LogP contribution is -2.24. The van der Waals surface area contributed by atoms with Gasteiger partial charge in [0.2, 0.25) is 5.78 Å². The molecule has 1 aliphatic rings. The largest absolute Gasteiger partial charge is 0.444 e. The topological polar surface area (TPSA) is 72.8 Å². The van der Waals surface area contributed by atoms with E-state index in [1.807, 2.05) is 0 Å². The Hall–Kier alpha value is -3.34. The van der Waals surface area contributed by atoms with Crippen molar-refractivity contribution in [3.63, 3.8) is 0 Å². The van der Waals surface area contributed by atoms with Gasteiger partial charge in [0.05, 0.1) is 0 Å². The average molecular weight is 319 g/mol. The van der Waals surface area contributed by atoms with Crippen LogP contribution in [0.2, 0.25) is 0 Å². The fourth-order valence-electron chi connectivity index (χ4n) is 2.28. The maximum absolute atomic E-state index is 12.8. The van der Waals surface area contributed by atoms with Gasteiger partial charge in [-0.05, 0) is 6.08 Å². The molecule has 0 fully saturated rings. The number of hydrogen-bond donors (Lipinski definition) is 0. The van der Waals surface area contributed by atoms with Crippen LogP contribution >= 0.6 is 0 Å². The molecule has 2 aromatic rings. The van der Waals surface area contributed by atoms with Crippen molar-refractivity contribution in [3.8, 4) is 0 Å². The Kier molecular flexibility index (Phi) is 4.43. The number of Topliss-reactive ketones (excluding diaryl/α,β-unsaturated/α-hetero) is 1. The van der Waals surface area contributed by atoms with E-state index in [1.54, 1.807) is 60.7 Å². The molecule has 1 amide bonds. The van der Waals surface area contributed by atoms with Crippen LogP contribution in [0.5, 0.6) is 0 Å². The van der Waals surface area contributed by atoms with Gasteiger partial charge in [0.25, 0.3) is 5.91 Å². The first-order chi connectivity index (χ1) is 11.6. The summed E-state index contributed by atoms with van der Waals surface area (Å²) in [7, 11) is 0. The van der Waals surface area contributed by atoms with Gasteiger partial charge in [0.1, 0.15) is 0 Å². The molecule has 24 heavy (non-hydrogen) atoms. The van der Waals surface area contributed by atoms with Gasteiger partial charge in [0, 0.05) is 17.2 Å². The molecule has 0 bridgehead atoms. The van der Waals surface area contributed by atoms with Crippen LogP contribution in [0.4, 0.5) is 0 Å². The molecule has 1 atom stereocenters. The molecule has 2 aromatic carbocycles. The number of benzene rings is 2. The monoisotopic (exact) mass is 319 g/mol. The number of ether oxygens (including phenoxy) is 1. The number of amides is 1. The average Bonchev–Trinajstić information content (AvgIpc) is 3.07. The highest BCUT2D eigenvalue weighted by Crippen LogP contribution is 2.23. The smallest absolute Gasteiger partial charge is 0.358 e. The molecule has 1 unspecified atom stereocenters. The number of ketones is 1. The first kappa shape index (κ1) is 15.6. The lowest BCUT2D eigenvalue weighted by molar-refractivity contribution is -0.139. The second-order valence-corrected chi connectivity index (χ2v) is 5.09. The van der Waals surface area contributed by atoms with E-state index >= 15 is 0 Å². The van der Waals surface area contributed by atoms with E-state index in [0.29, 0.717) is 11.1 Å². The minimum atomic E-state index is -1.10. The van der Waals surface area contributed by atoms with Gasteiger partial charge < -0.3 is 4.74 Å². The zero-order chi connectivity index (χ0) is 16.9. The summed E-state index contributed by atoms with van der Waals surface area (Å²) in [5.74, 6) is -1.67. The van der Waals surface area contributed by atoms with Crippen molar-refractivity contribution >= 4 is 23.4 Å². The summed E-state index contributed by atoms with van der Waals surface area (Å²) in [4.78, 5) is 39.6. The van der Waals surface area contributed by atoms with Gasteiger partial charge in [-0.15, -0.1) is 0 Å². The number of carbonyl (C=O) groups excluding carboxylic acids is 3. The lowest BCUT2D eigenvalue weighted by Gasteiger charge is -2.17. The van der Waals surface area contributed by atoms with Crippen LogP contribution in [-0.2, 0) is 14.3 Å². The number of nitrogens with zero attached hydrogens (tertiary/aromatic N) is 1. The molecule has 0 saturated heterocycles. The number of carbonyl (C=O) groups is 3. The fourth-order valence-corrected chi connectivity index (χ4v) is 2.28. The fraction of sp³-hybridized carbons (Fsp3) is 0.0526. The Morgan fingerprint density at radius 2 is 1.50 bits per heavy atom. The van der Waals surface area contributed by atoms with Crippen molar-refractivity contribution in [2.45, 2.75) is 6.10 Å². The van der Waals surface area contributed by atoms with Crippen molar-refractivity contribution < 1.29 is 19.1 Å². The van der Waals surface area contributed by atoms with Gasteiger partial charge in [-0.3, -0.25) is 9.59 Å². The first-order valence-corrected chi connectivity index (χ1v) is 7.31. The molecule has 0 aromatic heterocycles. The molecule has 0 radical (unpaired) electrons. The molecule has 0 saturated carbocycles. The van der Waals surface area contributed by atoms with Crippen LogP contribution in [0.1, 0.15) is 22.0 Å². The van der Waals surface area contributed by atoms with Gasteiger partial charge in [-0.2, -0.15) is 0 Å². The molecule has 5 nitrogen and oxygen atoms in total. The Balaban J connectivity index is 1.90. The van der Waals surface area contributed by atoms with Crippen LogP contribution in [0.15, 0.2) is 77.8 Å². The molecule has 0 spiro atoms. The molecular formula is C19H13NO4. The normalized spacial score (nSPS) is 14.2. The van der Waals surface area contributed by atoms with Crippen molar-refractivity contribution in [1.82, 2.24) is 0 Å². The zero-order valence-corrected chi connectivity index (χ0v) is 12.6. The molecule has 118 valence electrons. The summed E-state index contributed by atoms with van der Waals surface area (Å²) in [6.07, 6.45) is 1.35. The van der Waals surface area contributed by atoms with Gasteiger partial charge in [-0.1, -0.05) is 60.7 Å². The maximum Gasteiger partial charge on any atom is 0.358 e. The maximum atomic E-state index is 12.8. The van der Waals surface area contributed by atoms with Crippen LogP contribution in [0.3, 0.4) is 0 Å². The summed E-state index contributed by atoms with van der Waals surface area (Å²) in [6, 6.07) is 17.3. The molecule has 5 heteroatoms. The number of esters is 1. The highest BCUT2D eigenvalue weighted by atomic mass is 16.5. The summed E-state index contributed by atoms with van der Waals surface area (Å²) < 4.78 is 5.36. The van der Waals surface area contributed by atoms with Gasteiger partial charge in [-0.25, -0.2) is 9.79 Å². The molecule has 1 aliphatic heterocycles. The predicted octanol–water partition coefficient (Wildman–Crippen LogP) is 2.69. The first-order valence-electron chi connectivity index (χ1n) is 7.31. The van der Waals surface area contributed by atoms with Crippen LogP contribution in [0, 0.1) is 0 Å². The van der Waals surface area contributed by atoms with Crippen molar-refractivity contribution in [1.29, 1.82) is 0 Å². The Labute approximate surface area is 138 Å². The highest BCUT2D eigenvalue weighted by Gasteiger charge is 2.28. The van der Waals surface area contributed by atoms with Crippen LogP contribution < -0.4 is 0 Å². The second-order valence-electron chi connectivity index (χ2n) is 5.09. The number of rotatable bonds is 5. The molecular weight excluding hydrogens is 306 g/mol. The Bertz CT molecular complexity index is 838. The Morgan fingerprint density at radius 1 is 0.875 bits per heavy atom. The minimum Gasteiger partial charge on any atom is -0.444 e. The van der Waals surface area contributed by atoms with Crippen molar-refractivity contribution in [2.75, 3.05) is 0 Å². The van der Waals surface area contributed by atoms with E-state index in [9.17, 15) is 14.4 Å². The highest BCUT2D eigenvalue weighted by molar-refractivity contribution is 6.45. The van der Waals surface area contributed by atoms with Crippen LogP contribution in [0.25, 0.3) is 0 Å². The second kappa shape index (κ2) is 6.83. The number of hydrogen-bond acceptors (Lipinski definition) is 4.